The lowest BCUT2D eigenvalue weighted by molar-refractivity contribution is 0.478. The van der Waals surface area contributed by atoms with Gasteiger partial charge < -0.3 is 14.5 Å². The fourth-order valence-electron chi connectivity index (χ4n) is 9.83. The average molecular weight is 686 g/mol. The summed E-state index contributed by atoms with van der Waals surface area (Å²) in [6.45, 7) is 0.0650. The minimum Gasteiger partial charge on any atom is -0.451 e. The maximum Gasteiger partial charge on any atom is 0.245 e. The first-order chi connectivity index (χ1) is 26.8. The first-order valence-electron chi connectivity index (χ1n) is 18.9. The number of nitrogens with zero attached hydrogens (tertiary/aromatic N) is 2. The molecule has 8 aromatic carbocycles. The van der Waals surface area contributed by atoms with Crippen LogP contribution in [0.1, 0.15) is 11.1 Å². The number of benzene rings is 8. The molecule has 0 N–H and O–H groups in total. The topological polar surface area (TPSA) is 15.7 Å². The van der Waals surface area contributed by atoms with Gasteiger partial charge in [0.2, 0.25) is 13.4 Å². The van der Waals surface area contributed by atoms with E-state index in [2.05, 4.69) is 192 Å². The molecule has 0 bridgehead atoms. The van der Waals surface area contributed by atoms with E-state index in [9.17, 15) is 0 Å². The Bertz CT molecular complexity index is 2860. The third kappa shape index (κ3) is 4.10. The fraction of sp³-hybridized carbons (Fsp3) is 0.0204. The highest BCUT2D eigenvalue weighted by Gasteiger charge is 2.48. The molecule has 3 heterocycles. The number of ether oxygens (including phenoxy) is 1. The highest BCUT2D eigenvalue weighted by atomic mass is 16.5. The molecule has 4 aliphatic rings. The summed E-state index contributed by atoms with van der Waals surface area (Å²) in [5.74, 6) is 1.73. The highest BCUT2D eigenvalue weighted by Crippen LogP contribution is 2.56. The van der Waals surface area contributed by atoms with E-state index in [0.29, 0.717) is 0 Å². The molecule has 0 spiro atoms. The number of hydrogen-bond acceptors (Lipinski definition) is 3. The smallest absolute Gasteiger partial charge is 0.245 e. The Morgan fingerprint density at radius 2 is 1.20 bits per heavy atom. The molecule has 12 rings (SSSR count). The van der Waals surface area contributed by atoms with Gasteiger partial charge >= 0.3 is 0 Å². The van der Waals surface area contributed by atoms with Crippen LogP contribution in [-0.2, 0) is 6.42 Å². The predicted molar refractivity (Wildman–Crippen MR) is 228 cm³/mol. The molecule has 0 fully saturated rings. The molecule has 54 heavy (non-hydrogen) atoms. The van der Waals surface area contributed by atoms with Crippen molar-refractivity contribution in [3.63, 3.8) is 0 Å². The van der Waals surface area contributed by atoms with Crippen LogP contribution in [0.2, 0.25) is 0 Å². The number of para-hydroxylation sites is 4. The van der Waals surface area contributed by atoms with Gasteiger partial charge in [-0.1, -0.05) is 161 Å². The van der Waals surface area contributed by atoms with Crippen LogP contribution in [0.25, 0.3) is 16.8 Å². The van der Waals surface area contributed by atoms with Crippen LogP contribution in [0.4, 0.5) is 34.1 Å². The zero-order valence-electron chi connectivity index (χ0n) is 29.5. The molecule has 0 saturated heterocycles. The van der Waals surface area contributed by atoms with E-state index in [1.165, 1.54) is 60.4 Å². The molecule has 0 unspecified atom stereocenters. The van der Waals surface area contributed by atoms with Crippen molar-refractivity contribution in [2.45, 2.75) is 6.42 Å². The molecule has 0 saturated carbocycles. The van der Waals surface area contributed by atoms with Gasteiger partial charge in [-0.25, -0.2) is 0 Å². The number of rotatable bonds is 3. The average Bonchev–Trinajstić information content (AvgIpc) is 3.24. The van der Waals surface area contributed by atoms with Gasteiger partial charge in [0, 0.05) is 16.8 Å². The van der Waals surface area contributed by atoms with Gasteiger partial charge in [-0.05, 0) is 76.3 Å². The second kappa shape index (κ2) is 11.4. The van der Waals surface area contributed by atoms with Gasteiger partial charge in [-0.15, -0.1) is 0 Å². The predicted octanol–water partition coefficient (Wildman–Crippen LogP) is 8.11. The van der Waals surface area contributed by atoms with Gasteiger partial charge in [0.15, 0.2) is 11.5 Å². The summed E-state index contributed by atoms with van der Waals surface area (Å²) in [4.78, 5) is 4.95. The zero-order chi connectivity index (χ0) is 35.3. The quantitative estimate of drug-likeness (QED) is 0.175. The SMILES string of the molecule is C1=Cc2ccc(N3c4ccccc4Oc4c3cc3c5c4N(c4ccccc4)c4ccccc4B5c4ccccc4B3c3ccccc3)c3cccc(c23)C1. The normalized spacial score (nSPS) is 14.1. The summed E-state index contributed by atoms with van der Waals surface area (Å²) in [5, 5.41) is 2.58. The van der Waals surface area contributed by atoms with E-state index in [1.807, 2.05) is 0 Å². The van der Waals surface area contributed by atoms with Crippen molar-refractivity contribution in [2.75, 3.05) is 9.80 Å². The van der Waals surface area contributed by atoms with E-state index < -0.39 is 0 Å². The summed E-state index contributed by atoms with van der Waals surface area (Å²) in [6, 6.07) is 62.4. The molecule has 3 aliphatic heterocycles. The summed E-state index contributed by atoms with van der Waals surface area (Å²) < 4.78 is 7.29. The van der Waals surface area contributed by atoms with Gasteiger partial charge in [-0.2, -0.15) is 0 Å². The van der Waals surface area contributed by atoms with Crippen molar-refractivity contribution in [1.29, 1.82) is 0 Å². The summed E-state index contributed by atoms with van der Waals surface area (Å²) in [5.41, 5.74) is 17.2. The van der Waals surface area contributed by atoms with Crippen LogP contribution in [-0.4, -0.2) is 13.4 Å². The van der Waals surface area contributed by atoms with Crippen LogP contribution < -0.4 is 47.3 Å². The first-order valence-corrected chi connectivity index (χ1v) is 18.9. The highest BCUT2D eigenvalue weighted by molar-refractivity contribution is 7.12. The van der Waals surface area contributed by atoms with Crippen molar-refractivity contribution < 1.29 is 4.74 Å². The van der Waals surface area contributed by atoms with E-state index in [1.54, 1.807) is 0 Å². The third-order valence-corrected chi connectivity index (χ3v) is 12.0. The molecule has 1 aliphatic carbocycles. The van der Waals surface area contributed by atoms with Crippen molar-refractivity contribution >= 4 is 97.2 Å². The Balaban J connectivity index is 1.25. The maximum atomic E-state index is 7.29. The molecule has 250 valence electrons. The second-order valence-corrected chi connectivity index (χ2v) is 14.7. The van der Waals surface area contributed by atoms with E-state index in [-0.39, 0.29) is 13.4 Å². The summed E-state index contributed by atoms with van der Waals surface area (Å²) >= 11 is 0. The first kappa shape index (κ1) is 29.8. The van der Waals surface area contributed by atoms with Gasteiger partial charge in [0.05, 0.1) is 22.7 Å². The van der Waals surface area contributed by atoms with Crippen LogP contribution in [0, 0.1) is 0 Å². The molecular weight excluding hydrogens is 654 g/mol. The Labute approximate surface area is 315 Å². The van der Waals surface area contributed by atoms with Gasteiger partial charge in [0.1, 0.15) is 0 Å². The standard InChI is InChI=1S/C49H32B2N2O/c1-3-18-34(19-4-1)50-37-23-7-8-24-38(37)51-39-25-9-10-26-42(39)52(35-20-5-2-6-21-35)48-47(51)40(50)31-44-49(48)54-45-28-12-11-27-43(45)53(44)41-30-29-33-16-13-15-32-17-14-22-36(41)46(32)33/h1-14,16-31H,15H2. The van der Waals surface area contributed by atoms with Crippen molar-refractivity contribution in [1.82, 2.24) is 0 Å². The lowest BCUT2D eigenvalue weighted by Gasteiger charge is -2.45. The van der Waals surface area contributed by atoms with Crippen LogP contribution >= 0.6 is 0 Å². The number of allylic oxidation sites excluding steroid dienone is 1. The second-order valence-electron chi connectivity index (χ2n) is 14.7. The monoisotopic (exact) mass is 686 g/mol. The van der Waals surface area contributed by atoms with Crippen LogP contribution in [0.15, 0.2) is 176 Å². The molecule has 5 heteroatoms. The summed E-state index contributed by atoms with van der Waals surface area (Å²) in [6.07, 6.45) is 5.49. The zero-order valence-corrected chi connectivity index (χ0v) is 29.5. The molecule has 3 nitrogen and oxygen atoms in total. The Hall–Kier alpha value is -6.71. The summed E-state index contributed by atoms with van der Waals surface area (Å²) in [7, 11) is 0. The van der Waals surface area contributed by atoms with Crippen molar-refractivity contribution in [3.8, 4) is 11.5 Å². The molecule has 0 aromatic heterocycles. The van der Waals surface area contributed by atoms with E-state index in [4.69, 9.17) is 4.74 Å². The van der Waals surface area contributed by atoms with Gasteiger partial charge in [-0.3, -0.25) is 0 Å². The Morgan fingerprint density at radius 3 is 2.04 bits per heavy atom. The molecular formula is C49H32B2N2O. The molecule has 0 amide bonds. The maximum absolute atomic E-state index is 7.29. The molecule has 0 radical (unpaired) electrons. The molecule has 8 aromatic rings. The lowest BCUT2D eigenvalue weighted by atomic mass is 9.20. The lowest BCUT2D eigenvalue weighted by Crippen LogP contribution is -2.76. The van der Waals surface area contributed by atoms with Crippen LogP contribution in [0.5, 0.6) is 11.5 Å². The molecule has 0 atom stereocenters. The minimum atomic E-state index is 0.0288. The Kier molecular flexibility index (Phi) is 6.29. The largest absolute Gasteiger partial charge is 0.451 e. The number of fused-ring (bicyclic) bond motifs is 7. The fourth-order valence-corrected chi connectivity index (χ4v) is 9.83. The third-order valence-electron chi connectivity index (χ3n) is 12.0. The van der Waals surface area contributed by atoms with E-state index in [0.717, 1.165) is 46.4 Å². The van der Waals surface area contributed by atoms with Crippen molar-refractivity contribution in [2.24, 2.45) is 0 Å². The van der Waals surface area contributed by atoms with E-state index >= 15 is 0 Å². The van der Waals surface area contributed by atoms with Crippen molar-refractivity contribution in [3.05, 3.63) is 187 Å². The van der Waals surface area contributed by atoms with Gasteiger partial charge in [0.25, 0.3) is 0 Å². The number of hydrogen-bond donors (Lipinski definition) is 0. The minimum absolute atomic E-state index is 0.0288. The Morgan fingerprint density at radius 1 is 0.500 bits per heavy atom. The van der Waals surface area contributed by atoms with Crippen LogP contribution in [0.3, 0.4) is 0 Å². The number of anilines is 6.